The van der Waals surface area contributed by atoms with Gasteiger partial charge in [-0.15, -0.1) is 0 Å². The van der Waals surface area contributed by atoms with Crippen molar-refractivity contribution in [1.29, 1.82) is 0 Å². The van der Waals surface area contributed by atoms with Crippen LogP contribution in [-0.2, 0) is 0 Å². The second kappa shape index (κ2) is 6.66. The van der Waals surface area contributed by atoms with E-state index in [1.165, 1.54) is 24.0 Å². The SMILES string of the molecule is CC1=C(C=CC#Cc2ccccc2C(=O)O)C(C)(C)CCC1. The Hall–Kier alpha value is -2.27. The van der Waals surface area contributed by atoms with Crippen molar-refractivity contribution >= 4 is 5.97 Å². The predicted molar refractivity (Wildman–Crippen MR) is 89.8 cm³/mol. The van der Waals surface area contributed by atoms with Gasteiger partial charge in [-0.05, 0) is 55.4 Å². The Bertz CT molecular complexity index is 694. The molecule has 0 saturated carbocycles. The molecule has 1 aliphatic carbocycles. The molecule has 0 saturated heterocycles. The lowest BCUT2D eigenvalue weighted by molar-refractivity contribution is 0.0696. The molecule has 1 aromatic carbocycles. The number of carbonyl (C=O) groups is 1. The van der Waals surface area contributed by atoms with E-state index in [0.717, 1.165) is 6.42 Å². The van der Waals surface area contributed by atoms with Gasteiger partial charge in [0.05, 0.1) is 5.56 Å². The molecule has 0 aromatic heterocycles. The van der Waals surface area contributed by atoms with Crippen molar-refractivity contribution in [2.24, 2.45) is 5.41 Å². The van der Waals surface area contributed by atoms with Gasteiger partial charge in [-0.2, -0.15) is 0 Å². The van der Waals surface area contributed by atoms with E-state index in [1.54, 1.807) is 24.3 Å². The zero-order valence-corrected chi connectivity index (χ0v) is 13.4. The van der Waals surface area contributed by atoms with E-state index in [2.05, 4.69) is 38.7 Å². The van der Waals surface area contributed by atoms with Crippen molar-refractivity contribution in [3.8, 4) is 11.8 Å². The average molecular weight is 294 g/mol. The molecule has 0 fully saturated rings. The maximum absolute atomic E-state index is 11.1. The number of carboxylic acids is 1. The standard InChI is InChI=1S/C20H22O2/c1-15-9-8-14-20(2,3)18(15)13-7-5-11-16-10-4-6-12-17(16)19(21)22/h4,6-7,10,12-13H,8-9,14H2,1-3H3,(H,21,22). The molecule has 22 heavy (non-hydrogen) atoms. The van der Waals surface area contributed by atoms with Gasteiger partial charge in [0.15, 0.2) is 0 Å². The number of aromatic carboxylic acids is 1. The topological polar surface area (TPSA) is 37.3 Å². The molecule has 0 aliphatic heterocycles. The van der Waals surface area contributed by atoms with Crippen LogP contribution in [0, 0.1) is 17.3 Å². The van der Waals surface area contributed by atoms with Gasteiger partial charge in [-0.25, -0.2) is 4.79 Å². The molecule has 1 N–H and O–H groups in total. The van der Waals surface area contributed by atoms with E-state index < -0.39 is 5.97 Å². The van der Waals surface area contributed by atoms with Crippen LogP contribution in [0.25, 0.3) is 0 Å². The van der Waals surface area contributed by atoms with E-state index in [-0.39, 0.29) is 11.0 Å². The Balaban J connectivity index is 2.23. The van der Waals surface area contributed by atoms with Crippen molar-refractivity contribution in [1.82, 2.24) is 0 Å². The van der Waals surface area contributed by atoms with Crippen molar-refractivity contribution in [2.75, 3.05) is 0 Å². The number of rotatable bonds is 2. The van der Waals surface area contributed by atoms with Crippen LogP contribution in [0.15, 0.2) is 47.6 Å². The minimum Gasteiger partial charge on any atom is -0.478 e. The van der Waals surface area contributed by atoms with Crippen LogP contribution in [0.4, 0.5) is 0 Å². The highest BCUT2D eigenvalue weighted by molar-refractivity contribution is 5.90. The van der Waals surface area contributed by atoms with E-state index in [9.17, 15) is 4.79 Å². The third-order valence-electron chi connectivity index (χ3n) is 4.24. The van der Waals surface area contributed by atoms with Crippen LogP contribution in [-0.4, -0.2) is 11.1 Å². The number of hydrogen-bond acceptors (Lipinski definition) is 1. The summed E-state index contributed by atoms with van der Waals surface area (Å²) in [4.78, 5) is 11.1. The minimum atomic E-state index is -0.944. The normalized spacial score (nSPS) is 17.2. The first-order valence-corrected chi connectivity index (χ1v) is 7.62. The zero-order valence-electron chi connectivity index (χ0n) is 13.4. The lowest BCUT2D eigenvalue weighted by Crippen LogP contribution is -2.18. The quantitative estimate of drug-likeness (QED) is 0.794. The molecule has 1 aromatic rings. The number of carboxylic acid groups (broad SMARTS) is 1. The second-order valence-electron chi connectivity index (χ2n) is 6.38. The molecule has 114 valence electrons. The molecule has 0 bridgehead atoms. The van der Waals surface area contributed by atoms with Crippen LogP contribution >= 0.6 is 0 Å². The lowest BCUT2D eigenvalue weighted by atomic mass is 9.73. The Morgan fingerprint density at radius 1 is 1.32 bits per heavy atom. The highest BCUT2D eigenvalue weighted by Gasteiger charge is 2.26. The van der Waals surface area contributed by atoms with Gasteiger partial charge in [-0.3, -0.25) is 0 Å². The summed E-state index contributed by atoms with van der Waals surface area (Å²) in [5.74, 6) is 4.97. The van der Waals surface area contributed by atoms with Crippen LogP contribution in [0.2, 0.25) is 0 Å². The maximum Gasteiger partial charge on any atom is 0.336 e. The summed E-state index contributed by atoms with van der Waals surface area (Å²) in [6.45, 7) is 6.72. The van der Waals surface area contributed by atoms with Gasteiger partial charge in [0, 0.05) is 5.56 Å². The molecule has 0 amide bonds. The van der Waals surface area contributed by atoms with Crippen LogP contribution in [0.3, 0.4) is 0 Å². The molecule has 2 heteroatoms. The Morgan fingerprint density at radius 3 is 2.73 bits per heavy atom. The van der Waals surface area contributed by atoms with Crippen LogP contribution in [0.5, 0.6) is 0 Å². The zero-order chi connectivity index (χ0) is 16.2. The smallest absolute Gasteiger partial charge is 0.336 e. The summed E-state index contributed by atoms with van der Waals surface area (Å²) < 4.78 is 0. The summed E-state index contributed by atoms with van der Waals surface area (Å²) >= 11 is 0. The summed E-state index contributed by atoms with van der Waals surface area (Å²) in [5, 5.41) is 9.14. The van der Waals surface area contributed by atoms with E-state index in [4.69, 9.17) is 5.11 Å². The molecule has 0 unspecified atom stereocenters. The first-order chi connectivity index (χ1) is 10.4. The second-order valence-corrected chi connectivity index (χ2v) is 6.38. The Labute approximate surface area is 132 Å². The molecular weight excluding hydrogens is 272 g/mol. The van der Waals surface area contributed by atoms with Crippen molar-refractivity contribution in [3.05, 3.63) is 58.7 Å². The highest BCUT2D eigenvalue weighted by Crippen LogP contribution is 2.40. The van der Waals surface area contributed by atoms with E-state index in [1.807, 2.05) is 6.08 Å². The molecule has 0 spiro atoms. The van der Waals surface area contributed by atoms with Crippen molar-refractivity contribution in [2.45, 2.75) is 40.0 Å². The molecule has 0 atom stereocenters. The average Bonchev–Trinajstić information content (AvgIpc) is 2.45. The molecule has 1 aliphatic rings. The fourth-order valence-corrected chi connectivity index (χ4v) is 3.03. The molecule has 0 radical (unpaired) electrons. The van der Waals surface area contributed by atoms with Gasteiger partial charge in [0.2, 0.25) is 0 Å². The molecular formula is C20H22O2. The number of benzene rings is 1. The fraction of sp³-hybridized carbons (Fsp3) is 0.350. The van der Waals surface area contributed by atoms with Crippen molar-refractivity contribution in [3.63, 3.8) is 0 Å². The predicted octanol–water partition coefficient (Wildman–Crippen LogP) is 4.82. The van der Waals surface area contributed by atoms with Crippen LogP contribution < -0.4 is 0 Å². The highest BCUT2D eigenvalue weighted by atomic mass is 16.4. The van der Waals surface area contributed by atoms with Gasteiger partial charge >= 0.3 is 5.97 Å². The molecule has 2 nitrogen and oxygen atoms in total. The van der Waals surface area contributed by atoms with Crippen LogP contribution in [0.1, 0.15) is 56.0 Å². The summed E-state index contributed by atoms with van der Waals surface area (Å²) in [7, 11) is 0. The maximum atomic E-state index is 11.1. The Kier molecular flexibility index (Phi) is 4.88. The monoisotopic (exact) mass is 294 g/mol. The summed E-state index contributed by atoms with van der Waals surface area (Å²) in [5.41, 5.74) is 3.78. The third kappa shape index (κ3) is 3.68. The summed E-state index contributed by atoms with van der Waals surface area (Å²) in [6, 6.07) is 6.83. The van der Waals surface area contributed by atoms with Crippen molar-refractivity contribution < 1.29 is 9.90 Å². The largest absolute Gasteiger partial charge is 0.478 e. The molecule has 2 rings (SSSR count). The Morgan fingerprint density at radius 2 is 2.05 bits per heavy atom. The van der Waals surface area contributed by atoms with Gasteiger partial charge in [-0.1, -0.05) is 49.5 Å². The third-order valence-corrected chi connectivity index (χ3v) is 4.24. The first-order valence-electron chi connectivity index (χ1n) is 7.62. The minimum absolute atomic E-state index is 0.194. The lowest BCUT2D eigenvalue weighted by Gasteiger charge is -2.32. The van der Waals surface area contributed by atoms with Gasteiger partial charge in [0.1, 0.15) is 0 Å². The van der Waals surface area contributed by atoms with Gasteiger partial charge < -0.3 is 5.11 Å². The fourth-order valence-electron chi connectivity index (χ4n) is 3.03. The molecule has 0 heterocycles. The first kappa shape index (κ1) is 16.1. The number of allylic oxidation sites excluding steroid dienone is 4. The van der Waals surface area contributed by atoms with E-state index >= 15 is 0 Å². The van der Waals surface area contributed by atoms with E-state index in [0.29, 0.717) is 5.56 Å². The number of hydrogen-bond donors (Lipinski definition) is 1. The van der Waals surface area contributed by atoms with Gasteiger partial charge in [0.25, 0.3) is 0 Å². The summed E-state index contributed by atoms with van der Waals surface area (Å²) in [6.07, 6.45) is 7.51.